The molecule has 0 spiro atoms. The summed E-state index contributed by atoms with van der Waals surface area (Å²) >= 11 is 0. The summed E-state index contributed by atoms with van der Waals surface area (Å²) in [6, 6.07) is 0. The first-order chi connectivity index (χ1) is 9.15. The number of amides is 1. The molecular formula is C16H28N2O. The van der Waals surface area contributed by atoms with Gasteiger partial charge in [-0.1, -0.05) is 58.4 Å². The lowest BCUT2D eigenvalue weighted by atomic mass is 10.0. The SMILES string of the molecule is C=C1NC(=O)C(CCCCCCCCCC)=C(C)N1. The van der Waals surface area contributed by atoms with Crippen LogP contribution in [-0.4, -0.2) is 5.91 Å². The Hall–Kier alpha value is -1.25. The number of hydrogen-bond acceptors (Lipinski definition) is 2. The number of nitrogens with one attached hydrogen (secondary N) is 2. The minimum absolute atomic E-state index is 0.0178. The molecule has 0 bridgehead atoms. The maximum Gasteiger partial charge on any atom is 0.254 e. The second-order valence-electron chi connectivity index (χ2n) is 5.39. The molecule has 1 aliphatic heterocycles. The second-order valence-corrected chi connectivity index (χ2v) is 5.39. The van der Waals surface area contributed by atoms with Gasteiger partial charge in [0.25, 0.3) is 5.91 Å². The van der Waals surface area contributed by atoms with Crippen LogP contribution in [0.5, 0.6) is 0 Å². The third kappa shape index (κ3) is 5.95. The van der Waals surface area contributed by atoms with Gasteiger partial charge in [0.2, 0.25) is 0 Å². The van der Waals surface area contributed by atoms with Crippen LogP contribution in [0.1, 0.15) is 71.6 Å². The van der Waals surface area contributed by atoms with Crippen LogP contribution in [0.15, 0.2) is 23.7 Å². The van der Waals surface area contributed by atoms with Crippen molar-refractivity contribution in [3.63, 3.8) is 0 Å². The lowest BCUT2D eigenvalue weighted by molar-refractivity contribution is -0.117. The summed E-state index contributed by atoms with van der Waals surface area (Å²) < 4.78 is 0. The number of carbonyl (C=O) groups is 1. The third-order valence-electron chi connectivity index (χ3n) is 3.61. The van der Waals surface area contributed by atoms with E-state index < -0.39 is 0 Å². The van der Waals surface area contributed by atoms with Gasteiger partial charge in [0.05, 0.1) is 0 Å². The first-order valence-corrected chi connectivity index (χ1v) is 7.62. The van der Waals surface area contributed by atoms with Crippen molar-refractivity contribution in [2.75, 3.05) is 0 Å². The number of rotatable bonds is 9. The standard InChI is InChI=1S/C16H28N2O/c1-4-5-6-7-8-9-10-11-12-15-13(2)17-14(3)18-16(15)19/h17H,3-12H2,1-2H3,(H,18,19). The van der Waals surface area contributed by atoms with Crippen molar-refractivity contribution in [3.05, 3.63) is 23.7 Å². The van der Waals surface area contributed by atoms with Gasteiger partial charge in [-0.15, -0.1) is 0 Å². The summed E-state index contributed by atoms with van der Waals surface area (Å²) in [7, 11) is 0. The Kier molecular flexibility index (Phi) is 7.31. The Morgan fingerprint density at radius 1 is 0.947 bits per heavy atom. The maximum atomic E-state index is 11.8. The van der Waals surface area contributed by atoms with Crippen LogP contribution < -0.4 is 10.6 Å². The molecule has 1 aliphatic rings. The summed E-state index contributed by atoms with van der Waals surface area (Å²) in [6.07, 6.45) is 11.2. The van der Waals surface area contributed by atoms with Crippen LogP contribution in [0.4, 0.5) is 0 Å². The first-order valence-electron chi connectivity index (χ1n) is 7.62. The summed E-state index contributed by atoms with van der Waals surface area (Å²) in [5.41, 5.74) is 1.84. The van der Waals surface area contributed by atoms with Crippen molar-refractivity contribution in [2.24, 2.45) is 0 Å². The molecule has 108 valence electrons. The van der Waals surface area contributed by atoms with E-state index in [1.807, 2.05) is 6.92 Å². The van der Waals surface area contributed by atoms with Crippen molar-refractivity contribution in [1.29, 1.82) is 0 Å². The van der Waals surface area contributed by atoms with Gasteiger partial charge in [-0.3, -0.25) is 4.79 Å². The van der Waals surface area contributed by atoms with E-state index in [-0.39, 0.29) is 5.91 Å². The zero-order chi connectivity index (χ0) is 14.1. The van der Waals surface area contributed by atoms with Crippen LogP contribution >= 0.6 is 0 Å². The van der Waals surface area contributed by atoms with E-state index in [0.717, 1.165) is 24.1 Å². The molecule has 0 unspecified atom stereocenters. The van der Waals surface area contributed by atoms with E-state index in [1.54, 1.807) is 0 Å². The van der Waals surface area contributed by atoms with E-state index in [2.05, 4.69) is 24.1 Å². The molecule has 0 aromatic rings. The van der Waals surface area contributed by atoms with Crippen LogP contribution in [0.2, 0.25) is 0 Å². The minimum Gasteiger partial charge on any atom is -0.346 e. The molecule has 0 aromatic carbocycles. The molecule has 3 nitrogen and oxygen atoms in total. The van der Waals surface area contributed by atoms with Gasteiger partial charge in [-0.25, -0.2) is 0 Å². The highest BCUT2D eigenvalue weighted by molar-refractivity contribution is 5.96. The highest BCUT2D eigenvalue weighted by Gasteiger charge is 2.18. The quantitative estimate of drug-likeness (QED) is 0.618. The van der Waals surface area contributed by atoms with E-state index in [4.69, 9.17) is 0 Å². The monoisotopic (exact) mass is 264 g/mol. The van der Waals surface area contributed by atoms with Crippen molar-refractivity contribution in [1.82, 2.24) is 10.6 Å². The molecule has 1 amide bonds. The van der Waals surface area contributed by atoms with Gasteiger partial charge in [-0.05, 0) is 19.8 Å². The molecule has 1 heterocycles. The Morgan fingerprint density at radius 3 is 2.11 bits per heavy atom. The van der Waals surface area contributed by atoms with Gasteiger partial charge < -0.3 is 10.6 Å². The fraction of sp³-hybridized carbons (Fsp3) is 0.688. The Labute approximate surface area is 117 Å². The fourth-order valence-electron chi connectivity index (χ4n) is 2.45. The molecule has 0 aromatic heterocycles. The largest absolute Gasteiger partial charge is 0.346 e. The van der Waals surface area contributed by atoms with Crippen molar-refractivity contribution in [2.45, 2.75) is 71.6 Å². The van der Waals surface area contributed by atoms with Crippen LogP contribution in [0, 0.1) is 0 Å². The van der Waals surface area contributed by atoms with Crippen LogP contribution in [0.3, 0.4) is 0 Å². The zero-order valence-electron chi connectivity index (χ0n) is 12.5. The summed E-state index contributed by atoms with van der Waals surface area (Å²) in [4.78, 5) is 11.8. The van der Waals surface area contributed by atoms with Crippen molar-refractivity contribution in [3.8, 4) is 0 Å². The average Bonchev–Trinajstić information content (AvgIpc) is 2.35. The molecular weight excluding hydrogens is 236 g/mol. The maximum absolute atomic E-state index is 11.8. The van der Waals surface area contributed by atoms with Crippen molar-refractivity contribution >= 4 is 5.91 Å². The first kappa shape index (κ1) is 15.8. The summed E-state index contributed by atoms with van der Waals surface area (Å²) in [6.45, 7) is 7.91. The van der Waals surface area contributed by atoms with Crippen LogP contribution in [-0.2, 0) is 4.79 Å². The molecule has 1 rings (SSSR count). The molecule has 0 fully saturated rings. The van der Waals surface area contributed by atoms with E-state index in [9.17, 15) is 4.79 Å². The molecule has 0 atom stereocenters. The Morgan fingerprint density at radius 2 is 1.53 bits per heavy atom. The molecule has 0 saturated heterocycles. The van der Waals surface area contributed by atoms with Gasteiger partial charge in [0.1, 0.15) is 5.82 Å². The summed E-state index contributed by atoms with van der Waals surface area (Å²) in [5, 5.41) is 5.82. The van der Waals surface area contributed by atoms with Gasteiger partial charge in [-0.2, -0.15) is 0 Å². The Bertz CT molecular complexity index is 345. The lowest BCUT2D eigenvalue weighted by Gasteiger charge is -2.21. The normalized spacial score (nSPS) is 15.5. The van der Waals surface area contributed by atoms with E-state index >= 15 is 0 Å². The molecule has 0 radical (unpaired) electrons. The zero-order valence-corrected chi connectivity index (χ0v) is 12.5. The smallest absolute Gasteiger partial charge is 0.254 e. The lowest BCUT2D eigenvalue weighted by Crippen LogP contribution is -2.37. The molecule has 0 aliphatic carbocycles. The van der Waals surface area contributed by atoms with E-state index in [1.165, 1.54) is 44.9 Å². The molecule has 3 heteroatoms. The third-order valence-corrected chi connectivity index (χ3v) is 3.61. The minimum atomic E-state index is 0.0178. The predicted octanol–water partition coefficient (Wildman–Crippen LogP) is 3.98. The number of unbranched alkanes of at least 4 members (excludes halogenated alkanes) is 7. The number of hydrogen-bond donors (Lipinski definition) is 2. The average molecular weight is 264 g/mol. The van der Waals surface area contributed by atoms with Crippen LogP contribution in [0.25, 0.3) is 0 Å². The van der Waals surface area contributed by atoms with Crippen molar-refractivity contribution < 1.29 is 4.79 Å². The van der Waals surface area contributed by atoms with Gasteiger partial charge in [0.15, 0.2) is 0 Å². The second kappa shape index (κ2) is 8.78. The number of allylic oxidation sites excluding steroid dienone is 1. The highest BCUT2D eigenvalue weighted by Crippen LogP contribution is 2.17. The summed E-state index contributed by atoms with van der Waals surface area (Å²) in [5.74, 6) is 0.603. The number of carbonyl (C=O) groups excluding carboxylic acids is 1. The predicted molar refractivity (Wildman–Crippen MR) is 80.3 cm³/mol. The van der Waals surface area contributed by atoms with E-state index in [0.29, 0.717) is 5.82 Å². The Balaban J connectivity index is 2.13. The molecule has 19 heavy (non-hydrogen) atoms. The van der Waals surface area contributed by atoms with Gasteiger partial charge in [0, 0.05) is 11.3 Å². The highest BCUT2D eigenvalue weighted by atomic mass is 16.2. The van der Waals surface area contributed by atoms with Gasteiger partial charge >= 0.3 is 0 Å². The fourth-order valence-corrected chi connectivity index (χ4v) is 2.45. The molecule has 2 N–H and O–H groups in total. The topological polar surface area (TPSA) is 41.1 Å². The molecule has 0 saturated carbocycles.